The van der Waals surface area contributed by atoms with Gasteiger partial charge in [0, 0.05) is 25.2 Å². The van der Waals surface area contributed by atoms with Gasteiger partial charge >= 0.3 is 0 Å². The number of fused-ring (bicyclic) bond motifs is 1. The fraction of sp³-hybridized carbons (Fsp3) is 0.318. The molecule has 2 aliphatic heterocycles. The fourth-order valence-corrected chi connectivity index (χ4v) is 5.01. The van der Waals surface area contributed by atoms with E-state index in [1.54, 1.807) is 0 Å². The van der Waals surface area contributed by atoms with Crippen molar-refractivity contribution in [1.82, 2.24) is 14.5 Å². The van der Waals surface area contributed by atoms with Crippen LogP contribution in [-0.2, 0) is 21.3 Å². The Balaban J connectivity index is 1.39. The molecule has 0 spiro atoms. The predicted octanol–water partition coefficient (Wildman–Crippen LogP) is 0.875. The number of morpholine rings is 1. The number of nitrogens with one attached hydrogen (secondary N) is 1. The quantitative estimate of drug-likeness (QED) is 0.618. The standard InChI is InChI=1S/C22H23N3O6S/c26-20(23-8-13-32(29,30)24-9-11-31-12-10-24)17-6-7-18-19(14-17)22(28)25(21(18)27)15-16-4-2-1-3-5-16/h1-7,14H,8-13,15H2,(H,23,26). The third kappa shape index (κ3) is 4.57. The normalized spacial score (nSPS) is 16.8. The second-order valence-electron chi connectivity index (χ2n) is 7.53. The average molecular weight is 458 g/mol. The van der Waals surface area contributed by atoms with Crippen LogP contribution in [-0.4, -0.2) is 73.9 Å². The SMILES string of the molecule is O=C(NCCS(=O)(=O)N1CCOCC1)c1ccc2c(c1)C(=O)N(Cc1ccccc1)C2=O. The molecule has 1 saturated heterocycles. The Bertz CT molecular complexity index is 1140. The molecule has 0 atom stereocenters. The summed E-state index contributed by atoms with van der Waals surface area (Å²) >= 11 is 0. The van der Waals surface area contributed by atoms with Crippen molar-refractivity contribution < 1.29 is 27.5 Å². The summed E-state index contributed by atoms with van der Waals surface area (Å²) in [6.45, 7) is 1.40. The molecule has 32 heavy (non-hydrogen) atoms. The van der Waals surface area contributed by atoms with Crippen molar-refractivity contribution in [1.29, 1.82) is 0 Å². The molecule has 2 aliphatic rings. The lowest BCUT2D eigenvalue weighted by atomic mass is 10.1. The maximum absolute atomic E-state index is 12.8. The number of amides is 3. The number of rotatable bonds is 7. The highest BCUT2D eigenvalue weighted by Crippen LogP contribution is 2.25. The average Bonchev–Trinajstić information content (AvgIpc) is 3.04. The van der Waals surface area contributed by atoms with Gasteiger partial charge in [-0.25, -0.2) is 8.42 Å². The maximum Gasteiger partial charge on any atom is 0.261 e. The van der Waals surface area contributed by atoms with Gasteiger partial charge in [-0.05, 0) is 23.8 Å². The van der Waals surface area contributed by atoms with E-state index in [9.17, 15) is 22.8 Å². The van der Waals surface area contributed by atoms with Crippen molar-refractivity contribution in [2.45, 2.75) is 6.54 Å². The highest BCUT2D eigenvalue weighted by molar-refractivity contribution is 7.89. The van der Waals surface area contributed by atoms with E-state index in [-0.39, 0.29) is 35.5 Å². The molecule has 10 heteroatoms. The molecule has 2 aromatic rings. The second-order valence-corrected chi connectivity index (χ2v) is 9.61. The molecule has 2 aromatic carbocycles. The Morgan fingerprint density at radius 3 is 2.38 bits per heavy atom. The number of sulfonamides is 1. The highest BCUT2D eigenvalue weighted by Gasteiger charge is 2.36. The summed E-state index contributed by atoms with van der Waals surface area (Å²) in [5.74, 6) is -1.60. The van der Waals surface area contributed by atoms with E-state index in [1.807, 2.05) is 30.3 Å². The van der Waals surface area contributed by atoms with Crippen LogP contribution in [0.1, 0.15) is 36.6 Å². The van der Waals surface area contributed by atoms with Crippen LogP contribution in [0.25, 0.3) is 0 Å². The third-order valence-electron chi connectivity index (χ3n) is 5.43. The summed E-state index contributed by atoms with van der Waals surface area (Å²) in [6, 6.07) is 13.5. The summed E-state index contributed by atoms with van der Waals surface area (Å²) in [5, 5.41) is 2.58. The van der Waals surface area contributed by atoms with Crippen LogP contribution >= 0.6 is 0 Å². The van der Waals surface area contributed by atoms with Crippen LogP contribution in [0.3, 0.4) is 0 Å². The van der Waals surface area contributed by atoms with E-state index < -0.39 is 27.7 Å². The molecule has 0 aliphatic carbocycles. The minimum Gasteiger partial charge on any atom is -0.379 e. The van der Waals surface area contributed by atoms with Gasteiger partial charge in [0.05, 0.1) is 36.6 Å². The van der Waals surface area contributed by atoms with Crippen molar-refractivity contribution >= 4 is 27.7 Å². The molecular formula is C22H23N3O6S. The Hall–Kier alpha value is -3.08. The van der Waals surface area contributed by atoms with E-state index in [0.29, 0.717) is 26.3 Å². The number of benzene rings is 2. The second kappa shape index (κ2) is 9.19. The summed E-state index contributed by atoms with van der Waals surface area (Å²) in [4.78, 5) is 39.1. The number of carbonyl (C=O) groups is 3. The first-order valence-corrected chi connectivity index (χ1v) is 11.9. The lowest BCUT2D eigenvalue weighted by molar-refractivity contribution is 0.0642. The number of ether oxygens (including phenoxy) is 1. The van der Waals surface area contributed by atoms with Gasteiger partial charge in [-0.3, -0.25) is 19.3 Å². The predicted molar refractivity (Wildman–Crippen MR) is 116 cm³/mol. The molecule has 0 aromatic heterocycles. The van der Waals surface area contributed by atoms with Gasteiger partial charge < -0.3 is 10.1 Å². The van der Waals surface area contributed by atoms with E-state index in [2.05, 4.69) is 5.32 Å². The van der Waals surface area contributed by atoms with Crippen LogP contribution in [0.15, 0.2) is 48.5 Å². The summed E-state index contributed by atoms with van der Waals surface area (Å²) in [5.41, 5.74) is 1.42. The number of nitrogens with zero attached hydrogens (tertiary/aromatic N) is 2. The first-order valence-electron chi connectivity index (χ1n) is 10.2. The van der Waals surface area contributed by atoms with Crippen molar-refractivity contribution in [2.75, 3.05) is 38.6 Å². The zero-order valence-corrected chi connectivity index (χ0v) is 18.1. The molecule has 0 unspecified atom stereocenters. The zero-order valence-electron chi connectivity index (χ0n) is 17.3. The molecule has 1 N–H and O–H groups in total. The molecule has 3 amide bonds. The van der Waals surface area contributed by atoms with E-state index in [1.165, 1.54) is 22.5 Å². The van der Waals surface area contributed by atoms with Gasteiger partial charge in [-0.1, -0.05) is 30.3 Å². The Labute approximate surface area is 186 Å². The minimum atomic E-state index is -3.49. The highest BCUT2D eigenvalue weighted by atomic mass is 32.2. The monoisotopic (exact) mass is 457 g/mol. The summed E-state index contributed by atoms with van der Waals surface area (Å²) in [7, 11) is -3.49. The number of imide groups is 1. The first-order chi connectivity index (χ1) is 15.4. The third-order valence-corrected chi connectivity index (χ3v) is 7.30. The topological polar surface area (TPSA) is 113 Å². The smallest absolute Gasteiger partial charge is 0.261 e. The Morgan fingerprint density at radius 2 is 1.66 bits per heavy atom. The fourth-order valence-electron chi connectivity index (χ4n) is 3.69. The van der Waals surface area contributed by atoms with Gasteiger partial charge in [-0.2, -0.15) is 4.31 Å². The number of carbonyl (C=O) groups excluding carboxylic acids is 3. The Kier molecular flexibility index (Phi) is 6.35. The largest absolute Gasteiger partial charge is 0.379 e. The van der Waals surface area contributed by atoms with E-state index >= 15 is 0 Å². The van der Waals surface area contributed by atoms with Gasteiger partial charge in [0.15, 0.2) is 0 Å². The van der Waals surface area contributed by atoms with Gasteiger partial charge in [0.1, 0.15) is 0 Å². The zero-order chi connectivity index (χ0) is 22.7. The lowest BCUT2D eigenvalue weighted by Gasteiger charge is -2.26. The van der Waals surface area contributed by atoms with Crippen molar-refractivity contribution in [3.8, 4) is 0 Å². The van der Waals surface area contributed by atoms with E-state index in [0.717, 1.165) is 10.5 Å². The van der Waals surface area contributed by atoms with Gasteiger partial charge in [0.2, 0.25) is 10.0 Å². The van der Waals surface area contributed by atoms with E-state index in [4.69, 9.17) is 4.74 Å². The minimum absolute atomic E-state index is 0.0668. The Morgan fingerprint density at radius 1 is 0.969 bits per heavy atom. The number of hydrogen-bond donors (Lipinski definition) is 1. The number of hydrogen-bond acceptors (Lipinski definition) is 6. The van der Waals surface area contributed by atoms with Crippen molar-refractivity contribution in [2.24, 2.45) is 0 Å². The molecule has 1 fully saturated rings. The molecule has 0 bridgehead atoms. The summed E-state index contributed by atoms with van der Waals surface area (Å²) < 4.78 is 31.2. The van der Waals surface area contributed by atoms with Gasteiger partial charge in [0.25, 0.3) is 17.7 Å². The van der Waals surface area contributed by atoms with Crippen LogP contribution in [0.5, 0.6) is 0 Å². The molecule has 0 saturated carbocycles. The van der Waals surface area contributed by atoms with Crippen molar-refractivity contribution in [3.63, 3.8) is 0 Å². The maximum atomic E-state index is 12.8. The van der Waals surface area contributed by atoms with Gasteiger partial charge in [-0.15, -0.1) is 0 Å². The molecule has 4 rings (SSSR count). The molecule has 2 heterocycles. The van der Waals surface area contributed by atoms with Crippen molar-refractivity contribution in [3.05, 3.63) is 70.8 Å². The van der Waals surface area contributed by atoms with Crippen LogP contribution < -0.4 is 5.32 Å². The van der Waals surface area contributed by atoms with Crippen LogP contribution in [0, 0.1) is 0 Å². The summed E-state index contributed by atoms with van der Waals surface area (Å²) in [6.07, 6.45) is 0. The molecular weight excluding hydrogens is 434 g/mol. The van der Waals surface area contributed by atoms with Crippen LogP contribution in [0.2, 0.25) is 0 Å². The molecule has 0 radical (unpaired) electrons. The van der Waals surface area contributed by atoms with Crippen LogP contribution in [0.4, 0.5) is 0 Å². The lowest BCUT2D eigenvalue weighted by Crippen LogP contribution is -2.43. The molecule has 168 valence electrons. The molecule has 9 nitrogen and oxygen atoms in total. The first kappa shape index (κ1) is 22.1.